The third kappa shape index (κ3) is 2.97. The first kappa shape index (κ1) is 11.9. The summed E-state index contributed by atoms with van der Waals surface area (Å²) in [6.07, 6.45) is 4.56. The van der Waals surface area contributed by atoms with E-state index in [1.807, 2.05) is 12.3 Å². The molecule has 3 nitrogen and oxygen atoms in total. The predicted molar refractivity (Wildman–Crippen MR) is 74.5 cm³/mol. The number of likely N-dealkylation sites (N-methyl/N-ethyl adjacent to an activating group) is 1. The van der Waals surface area contributed by atoms with Gasteiger partial charge in [-0.1, -0.05) is 6.07 Å². The minimum atomic E-state index is 0.428. The highest BCUT2D eigenvalue weighted by Gasteiger charge is 2.11. The van der Waals surface area contributed by atoms with Crippen LogP contribution >= 0.6 is 11.3 Å². The van der Waals surface area contributed by atoms with Crippen LogP contribution in [0.1, 0.15) is 11.8 Å². The van der Waals surface area contributed by atoms with Crippen molar-refractivity contribution in [2.45, 2.75) is 19.4 Å². The Bertz CT molecular complexity index is 467. The zero-order valence-electron chi connectivity index (χ0n) is 10.1. The van der Waals surface area contributed by atoms with E-state index in [4.69, 9.17) is 5.73 Å². The number of thiophene rings is 1. The van der Waals surface area contributed by atoms with Crippen LogP contribution in [0.5, 0.6) is 0 Å². The van der Waals surface area contributed by atoms with Gasteiger partial charge in [-0.25, -0.2) is 0 Å². The van der Waals surface area contributed by atoms with E-state index in [1.165, 1.54) is 4.88 Å². The summed E-state index contributed by atoms with van der Waals surface area (Å²) in [5.41, 5.74) is 7.52. The topological polar surface area (TPSA) is 42.2 Å². The highest BCUT2D eigenvalue weighted by Crippen LogP contribution is 2.20. The second kappa shape index (κ2) is 5.19. The van der Waals surface area contributed by atoms with Crippen molar-refractivity contribution in [3.05, 3.63) is 40.8 Å². The normalized spacial score (nSPS) is 12.4. The SMILES string of the molecule is CC(Cc1cccs1)N(C)c1cncc(N)c1. The standard InChI is InChI=1S/C13H17N3S/c1-10(6-13-4-3-5-17-13)16(2)12-7-11(14)8-15-9-12/h3-5,7-10H,6,14H2,1-2H3. The molecule has 0 spiro atoms. The highest BCUT2D eigenvalue weighted by molar-refractivity contribution is 7.09. The van der Waals surface area contributed by atoms with Gasteiger partial charge in [0.05, 0.1) is 17.6 Å². The first-order chi connectivity index (χ1) is 8.16. The van der Waals surface area contributed by atoms with Crippen LogP contribution in [-0.2, 0) is 6.42 Å². The van der Waals surface area contributed by atoms with E-state index in [2.05, 4.69) is 41.4 Å². The first-order valence-corrected chi connectivity index (χ1v) is 6.50. The lowest BCUT2D eigenvalue weighted by atomic mass is 10.1. The maximum atomic E-state index is 5.75. The molecule has 1 unspecified atom stereocenters. The Morgan fingerprint density at radius 3 is 2.94 bits per heavy atom. The molecule has 0 aromatic carbocycles. The van der Waals surface area contributed by atoms with Gasteiger partial charge in [0, 0.05) is 30.6 Å². The quantitative estimate of drug-likeness (QED) is 0.903. The molecule has 0 aliphatic carbocycles. The van der Waals surface area contributed by atoms with E-state index in [0.717, 1.165) is 12.1 Å². The molecule has 90 valence electrons. The van der Waals surface area contributed by atoms with Crippen molar-refractivity contribution in [2.24, 2.45) is 0 Å². The summed E-state index contributed by atoms with van der Waals surface area (Å²) in [5, 5.41) is 2.12. The molecule has 2 aromatic rings. The summed E-state index contributed by atoms with van der Waals surface area (Å²) >= 11 is 1.80. The third-order valence-electron chi connectivity index (χ3n) is 2.89. The number of hydrogen-bond acceptors (Lipinski definition) is 4. The lowest BCUT2D eigenvalue weighted by Crippen LogP contribution is -2.30. The molecule has 2 rings (SSSR count). The van der Waals surface area contributed by atoms with Gasteiger partial charge in [0.2, 0.25) is 0 Å². The maximum Gasteiger partial charge on any atom is 0.0573 e. The number of nitrogens with zero attached hydrogens (tertiary/aromatic N) is 2. The molecule has 0 bridgehead atoms. The molecule has 1 atom stereocenters. The van der Waals surface area contributed by atoms with Gasteiger partial charge in [0.15, 0.2) is 0 Å². The summed E-state index contributed by atoms with van der Waals surface area (Å²) in [7, 11) is 2.08. The van der Waals surface area contributed by atoms with Gasteiger partial charge in [-0.2, -0.15) is 0 Å². The van der Waals surface area contributed by atoms with E-state index in [1.54, 1.807) is 17.5 Å². The molecule has 0 saturated carbocycles. The Hall–Kier alpha value is -1.55. The number of anilines is 2. The predicted octanol–water partition coefficient (Wildman–Crippen LogP) is 2.79. The average molecular weight is 247 g/mol. The van der Waals surface area contributed by atoms with Crippen LogP contribution in [0.25, 0.3) is 0 Å². The lowest BCUT2D eigenvalue weighted by Gasteiger charge is -2.26. The van der Waals surface area contributed by atoms with Crippen LogP contribution in [-0.4, -0.2) is 18.1 Å². The Kier molecular flexibility index (Phi) is 3.64. The Morgan fingerprint density at radius 2 is 2.29 bits per heavy atom. The van der Waals surface area contributed by atoms with Gasteiger partial charge in [0.1, 0.15) is 0 Å². The molecule has 0 saturated heterocycles. The number of aromatic nitrogens is 1. The Morgan fingerprint density at radius 1 is 1.47 bits per heavy atom. The van der Waals surface area contributed by atoms with Crippen molar-refractivity contribution in [1.29, 1.82) is 0 Å². The number of pyridine rings is 1. The second-order valence-corrected chi connectivity index (χ2v) is 5.25. The van der Waals surface area contributed by atoms with Crippen molar-refractivity contribution >= 4 is 22.7 Å². The molecule has 2 heterocycles. The van der Waals surface area contributed by atoms with E-state index < -0.39 is 0 Å². The average Bonchev–Trinajstić information content (AvgIpc) is 2.80. The number of nitrogen functional groups attached to an aromatic ring is 1. The van der Waals surface area contributed by atoms with Crippen molar-refractivity contribution in [1.82, 2.24) is 4.98 Å². The molecule has 0 radical (unpaired) electrons. The number of hydrogen-bond donors (Lipinski definition) is 1. The Balaban J connectivity index is 2.06. The molecule has 17 heavy (non-hydrogen) atoms. The van der Waals surface area contributed by atoms with Gasteiger partial charge >= 0.3 is 0 Å². The van der Waals surface area contributed by atoms with E-state index in [9.17, 15) is 0 Å². The lowest BCUT2D eigenvalue weighted by molar-refractivity contribution is 0.687. The van der Waals surface area contributed by atoms with Crippen LogP contribution in [0.3, 0.4) is 0 Å². The fourth-order valence-corrected chi connectivity index (χ4v) is 2.58. The number of rotatable bonds is 4. The summed E-state index contributed by atoms with van der Waals surface area (Å²) in [5.74, 6) is 0. The van der Waals surface area contributed by atoms with Crippen LogP contribution < -0.4 is 10.6 Å². The van der Waals surface area contributed by atoms with Crippen molar-refractivity contribution in [3.63, 3.8) is 0 Å². The summed E-state index contributed by atoms with van der Waals surface area (Å²) < 4.78 is 0. The molecule has 2 N–H and O–H groups in total. The largest absolute Gasteiger partial charge is 0.397 e. The fraction of sp³-hybridized carbons (Fsp3) is 0.308. The fourth-order valence-electron chi connectivity index (χ4n) is 1.75. The van der Waals surface area contributed by atoms with Crippen molar-refractivity contribution in [2.75, 3.05) is 17.7 Å². The van der Waals surface area contributed by atoms with Crippen LogP contribution in [0.4, 0.5) is 11.4 Å². The summed E-state index contributed by atoms with van der Waals surface area (Å²) in [6.45, 7) is 2.21. The van der Waals surface area contributed by atoms with E-state index >= 15 is 0 Å². The maximum absolute atomic E-state index is 5.75. The summed E-state index contributed by atoms with van der Waals surface area (Å²) in [4.78, 5) is 7.74. The molecule has 2 aromatic heterocycles. The second-order valence-electron chi connectivity index (χ2n) is 4.22. The first-order valence-electron chi connectivity index (χ1n) is 5.62. The molecular weight excluding hydrogens is 230 g/mol. The van der Waals surface area contributed by atoms with Crippen molar-refractivity contribution in [3.8, 4) is 0 Å². The third-order valence-corrected chi connectivity index (χ3v) is 3.79. The van der Waals surface area contributed by atoms with Gasteiger partial charge in [0.25, 0.3) is 0 Å². The van der Waals surface area contributed by atoms with Gasteiger partial charge in [-0.3, -0.25) is 4.98 Å². The minimum absolute atomic E-state index is 0.428. The molecule has 0 amide bonds. The Labute approximate surface area is 106 Å². The molecule has 0 aliphatic heterocycles. The van der Waals surface area contributed by atoms with Gasteiger partial charge < -0.3 is 10.6 Å². The summed E-state index contributed by atoms with van der Waals surface area (Å²) in [6, 6.07) is 6.65. The van der Waals surface area contributed by atoms with Gasteiger partial charge in [-0.05, 0) is 24.4 Å². The smallest absolute Gasteiger partial charge is 0.0573 e. The number of nitrogens with two attached hydrogens (primary N) is 1. The zero-order valence-corrected chi connectivity index (χ0v) is 10.9. The van der Waals surface area contributed by atoms with Crippen LogP contribution in [0, 0.1) is 0 Å². The van der Waals surface area contributed by atoms with E-state index in [-0.39, 0.29) is 0 Å². The zero-order chi connectivity index (χ0) is 12.3. The molecular formula is C13H17N3S. The molecule has 0 aliphatic rings. The van der Waals surface area contributed by atoms with Crippen molar-refractivity contribution < 1.29 is 0 Å². The monoisotopic (exact) mass is 247 g/mol. The molecule has 4 heteroatoms. The van der Waals surface area contributed by atoms with Gasteiger partial charge in [-0.15, -0.1) is 11.3 Å². The van der Waals surface area contributed by atoms with Crippen LogP contribution in [0.2, 0.25) is 0 Å². The molecule has 0 fully saturated rings. The minimum Gasteiger partial charge on any atom is -0.397 e. The van der Waals surface area contributed by atoms with Crippen LogP contribution in [0.15, 0.2) is 36.0 Å². The van der Waals surface area contributed by atoms with E-state index in [0.29, 0.717) is 11.7 Å². The highest BCUT2D eigenvalue weighted by atomic mass is 32.1.